The van der Waals surface area contributed by atoms with E-state index < -0.39 is 20.8 Å². The number of aryl methyl sites for hydroxylation is 1. The molecule has 2 rings (SSSR count). The summed E-state index contributed by atoms with van der Waals surface area (Å²) < 4.78 is 4.85. The first-order chi connectivity index (χ1) is 14.3. The minimum atomic E-state index is -2.33. The summed E-state index contributed by atoms with van der Waals surface area (Å²) in [6, 6.07) is 3.97. The van der Waals surface area contributed by atoms with E-state index >= 15 is 0 Å². The van der Waals surface area contributed by atoms with Crippen LogP contribution in [0, 0.1) is 11.8 Å². The predicted molar refractivity (Wildman–Crippen MR) is 121 cm³/mol. The molecule has 9 heteroatoms. The standard InChI is InChI=1S/C21H34ClO6PS/c1-14(23)4-2-5-15(24)8-11-19-18(20(22)12-21(19)25)7-3-6-16-9-10-17(30-16)13-28-29(26)27/h8-11,14-15,18-21,23-27H,2-7,12-13H2,1H3/b11-8+/t14-,15+,18-,19-,20-,21-/m1/s1. The minimum Gasteiger partial charge on any atom is -0.393 e. The van der Waals surface area contributed by atoms with E-state index in [2.05, 4.69) is 0 Å². The van der Waals surface area contributed by atoms with Crippen LogP contribution >= 0.6 is 31.5 Å². The van der Waals surface area contributed by atoms with E-state index in [0.29, 0.717) is 19.3 Å². The van der Waals surface area contributed by atoms with Crippen molar-refractivity contribution in [3.63, 3.8) is 0 Å². The smallest absolute Gasteiger partial charge is 0.327 e. The second-order valence-electron chi connectivity index (χ2n) is 8.08. The first-order valence-corrected chi connectivity index (χ1v) is 12.9. The summed E-state index contributed by atoms with van der Waals surface area (Å²) in [6.45, 7) is 1.95. The van der Waals surface area contributed by atoms with E-state index in [1.54, 1.807) is 24.3 Å². The van der Waals surface area contributed by atoms with Gasteiger partial charge in [-0.15, -0.1) is 22.9 Å². The largest absolute Gasteiger partial charge is 0.393 e. The van der Waals surface area contributed by atoms with Crippen LogP contribution < -0.4 is 0 Å². The van der Waals surface area contributed by atoms with Crippen LogP contribution in [0.4, 0.5) is 0 Å². The summed E-state index contributed by atoms with van der Waals surface area (Å²) in [7, 11) is -2.33. The predicted octanol–water partition coefficient (Wildman–Crippen LogP) is 3.87. The monoisotopic (exact) mass is 480 g/mol. The second-order valence-corrected chi connectivity index (χ2v) is 10.7. The van der Waals surface area contributed by atoms with Gasteiger partial charge in [-0.1, -0.05) is 12.2 Å². The zero-order chi connectivity index (χ0) is 22.1. The molecular formula is C21H34ClO6PS. The van der Waals surface area contributed by atoms with Gasteiger partial charge in [-0.2, -0.15) is 0 Å². The summed E-state index contributed by atoms with van der Waals surface area (Å²) in [5.74, 6) is 0.109. The van der Waals surface area contributed by atoms with Crippen LogP contribution in [0.3, 0.4) is 0 Å². The Bertz CT molecular complexity index is 641. The Balaban J connectivity index is 1.80. The maximum Gasteiger partial charge on any atom is 0.327 e. The number of alkyl halides is 1. The van der Waals surface area contributed by atoms with Crippen LogP contribution in [-0.4, -0.2) is 48.8 Å². The van der Waals surface area contributed by atoms with Crippen LogP contribution in [0.1, 0.15) is 55.2 Å². The topological polar surface area (TPSA) is 110 Å². The maximum absolute atomic E-state index is 10.4. The molecule has 5 N–H and O–H groups in total. The molecule has 0 bridgehead atoms. The average Bonchev–Trinajstić information content (AvgIpc) is 3.22. The molecule has 0 saturated heterocycles. The highest BCUT2D eigenvalue weighted by Crippen LogP contribution is 2.40. The van der Waals surface area contributed by atoms with E-state index in [1.165, 1.54) is 4.88 Å². The van der Waals surface area contributed by atoms with Gasteiger partial charge in [0.25, 0.3) is 0 Å². The molecule has 1 saturated carbocycles. The molecule has 0 amide bonds. The lowest BCUT2D eigenvalue weighted by Gasteiger charge is -2.21. The molecule has 0 aromatic carbocycles. The zero-order valence-electron chi connectivity index (χ0n) is 17.3. The summed E-state index contributed by atoms with van der Waals surface area (Å²) >= 11 is 8.11. The first kappa shape index (κ1) is 26.2. The molecule has 0 aliphatic heterocycles. The Labute approximate surface area is 189 Å². The lowest BCUT2D eigenvalue weighted by Crippen LogP contribution is -2.19. The molecule has 30 heavy (non-hydrogen) atoms. The fourth-order valence-electron chi connectivity index (χ4n) is 3.98. The summed E-state index contributed by atoms with van der Waals surface area (Å²) in [5.41, 5.74) is 0. The lowest BCUT2D eigenvalue weighted by molar-refractivity contribution is 0.138. The number of thiophene rings is 1. The fourth-order valence-corrected chi connectivity index (χ4v) is 5.77. The van der Waals surface area contributed by atoms with Gasteiger partial charge < -0.3 is 29.6 Å². The first-order valence-electron chi connectivity index (χ1n) is 10.5. The lowest BCUT2D eigenvalue weighted by atomic mass is 9.89. The molecule has 1 aliphatic carbocycles. The highest BCUT2D eigenvalue weighted by atomic mass is 35.5. The second kappa shape index (κ2) is 13.5. The third-order valence-electron chi connectivity index (χ3n) is 5.55. The Morgan fingerprint density at radius 2 is 1.97 bits per heavy atom. The average molecular weight is 481 g/mol. The van der Waals surface area contributed by atoms with Gasteiger partial charge in [0.1, 0.15) is 0 Å². The molecule has 6 nitrogen and oxygen atoms in total. The van der Waals surface area contributed by atoms with Crippen molar-refractivity contribution in [1.29, 1.82) is 0 Å². The summed E-state index contributed by atoms with van der Waals surface area (Å²) in [6.07, 6.45) is 7.57. The number of aliphatic hydroxyl groups is 3. The number of aliphatic hydroxyl groups excluding tert-OH is 3. The van der Waals surface area contributed by atoms with Crippen molar-refractivity contribution < 1.29 is 29.6 Å². The quantitative estimate of drug-likeness (QED) is 0.166. The van der Waals surface area contributed by atoms with Gasteiger partial charge >= 0.3 is 8.60 Å². The number of hydrogen-bond acceptors (Lipinski definition) is 7. The molecule has 0 spiro atoms. The van der Waals surface area contributed by atoms with Crippen molar-refractivity contribution >= 4 is 31.5 Å². The Kier molecular flexibility index (Phi) is 11.7. The van der Waals surface area contributed by atoms with Crippen molar-refractivity contribution in [3.05, 3.63) is 34.0 Å². The van der Waals surface area contributed by atoms with Crippen LogP contribution in [0.15, 0.2) is 24.3 Å². The Hall–Kier alpha value is -0.0800. The van der Waals surface area contributed by atoms with Crippen LogP contribution in [0.5, 0.6) is 0 Å². The molecule has 0 radical (unpaired) electrons. The molecule has 1 aromatic rings. The molecule has 0 unspecified atom stereocenters. The molecule has 1 heterocycles. The SMILES string of the molecule is C[C@@H](O)CCC[C@H](O)/C=C/[C@@H]1[C@@H](CCCc2ccc(COP(O)O)s2)[C@H](Cl)C[C@H]1O. The van der Waals surface area contributed by atoms with Gasteiger partial charge in [0, 0.05) is 21.0 Å². The molecule has 1 aromatic heterocycles. The Morgan fingerprint density at radius 3 is 2.67 bits per heavy atom. The van der Waals surface area contributed by atoms with Gasteiger partial charge in [0.15, 0.2) is 0 Å². The van der Waals surface area contributed by atoms with Crippen molar-refractivity contribution in [2.45, 2.75) is 82.2 Å². The highest BCUT2D eigenvalue weighted by Gasteiger charge is 2.39. The van der Waals surface area contributed by atoms with E-state index in [4.69, 9.17) is 25.9 Å². The summed E-state index contributed by atoms with van der Waals surface area (Å²) in [4.78, 5) is 19.8. The third kappa shape index (κ3) is 9.19. The molecule has 1 aliphatic rings. The van der Waals surface area contributed by atoms with E-state index in [-0.39, 0.29) is 29.9 Å². The molecular weight excluding hydrogens is 447 g/mol. The third-order valence-corrected chi connectivity index (χ3v) is 7.53. The number of hydrogen-bond donors (Lipinski definition) is 5. The van der Waals surface area contributed by atoms with Crippen LogP contribution in [0.2, 0.25) is 0 Å². The Morgan fingerprint density at radius 1 is 1.23 bits per heavy atom. The minimum absolute atomic E-state index is 0.0560. The van der Waals surface area contributed by atoms with Gasteiger partial charge in [-0.25, -0.2) is 0 Å². The highest BCUT2D eigenvalue weighted by molar-refractivity contribution is 7.39. The van der Waals surface area contributed by atoms with Crippen molar-refractivity contribution in [2.24, 2.45) is 11.8 Å². The number of rotatable bonds is 13. The normalized spacial score (nSPS) is 26.7. The zero-order valence-corrected chi connectivity index (χ0v) is 19.8. The summed E-state index contributed by atoms with van der Waals surface area (Å²) in [5, 5.41) is 29.8. The van der Waals surface area contributed by atoms with Gasteiger partial charge in [0.2, 0.25) is 0 Å². The van der Waals surface area contributed by atoms with Gasteiger partial charge in [-0.05, 0) is 69.9 Å². The molecule has 6 atom stereocenters. The molecule has 1 fully saturated rings. The van der Waals surface area contributed by atoms with Crippen LogP contribution in [0.25, 0.3) is 0 Å². The fraction of sp³-hybridized carbons (Fsp3) is 0.714. The maximum atomic E-state index is 10.4. The van der Waals surface area contributed by atoms with Gasteiger partial charge in [-0.3, -0.25) is 0 Å². The number of halogens is 1. The van der Waals surface area contributed by atoms with Gasteiger partial charge in [0.05, 0.1) is 24.9 Å². The van der Waals surface area contributed by atoms with Crippen LogP contribution in [-0.2, 0) is 17.6 Å². The van der Waals surface area contributed by atoms with Crippen molar-refractivity contribution in [1.82, 2.24) is 0 Å². The van der Waals surface area contributed by atoms with E-state index in [1.807, 2.05) is 18.2 Å². The van der Waals surface area contributed by atoms with E-state index in [0.717, 1.165) is 30.6 Å². The van der Waals surface area contributed by atoms with Crippen molar-refractivity contribution in [3.8, 4) is 0 Å². The van der Waals surface area contributed by atoms with Crippen molar-refractivity contribution in [2.75, 3.05) is 0 Å². The van der Waals surface area contributed by atoms with E-state index in [9.17, 15) is 15.3 Å². The molecule has 172 valence electrons.